The number of rotatable bonds is 2. The van der Waals surface area contributed by atoms with E-state index in [9.17, 15) is 0 Å². The van der Waals surface area contributed by atoms with E-state index < -0.39 is 0 Å². The topological polar surface area (TPSA) is 56.7 Å². The fourth-order valence-corrected chi connectivity index (χ4v) is 4.63. The van der Waals surface area contributed by atoms with Crippen LogP contribution in [0.1, 0.15) is 5.69 Å². The van der Waals surface area contributed by atoms with E-state index in [-0.39, 0.29) is 0 Å². The first-order chi connectivity index (χ1) is 16.3. The molecule has 4 aromatic heterocycles. The van der Waals surface area contributed by atoms with Crippen molar-refractivity contribution >= 4 is 44.0 Å². The van der Waals surface area contributed by atoms with Crippen molar-refractivity contribution in [2.75, 3.05) is 0 Å². The number of furan rings is 1. The zero-order chi connectivity index (χ0) is 21.9. The summed E-state index contributed by atoms with van der Waals surface area (Å²) in [5.41, 5.74) is 7.11. The Labute approximate surface area is 189 Å². The van der Waals surface area contributed by atoms with Crippen LogP contribution in [0.2, 0.25) is 0 Å². The molecule has 7 rings (SSSR count). The molecule has 156 valence electrons. The van der Waals surface area contributed by atoms with Crippen molar-refractivity contribution in [3.63, 3.8) is 0 Å². The van der Waals surface area contributed by atoms with Gasteiger partial charge in [0.2, 0.25) is 5.71 Å². The monoisotopic (exact) mass is 426 g/mol. The highest BCUT2D eigenvalue weighted by atomic mass is 16.3. The number of nitrogens with zero attached hydrogens (tertiary/aromatic N) is 4. The lowest BCUT2D eigenvalue weighted by Gasteiger charge is -2.09. The molecule has 7 aromatic rings. The van der Waals surface area contributed by atoms with Gasteiger partial charge in [-0.3, -0.25) is 9.55 Å². The summed E-state index contributed by atoms with van der Waals surface area (Å²) < 4.78 is 8.48. The summed E-state index contributed by atoms with van der Waals surface area (Å²) in [7, 11) is 0. The number of aryl methyl sites for hydroxylation is 1. The van der Waals surface area contributed by atoms with Gasteiger partial charge in [0.1, 0.15) is 16.9 Å². The molecule has 0 aliphatic rings. The predicted octanol–water partition coefficient (Wildman–Crippen LogP) is 6.84. The molecule has 0 fully saturated rings. The highest BCUT2D eigenvalue weighted by Gasteiger charge is 2.21. The van der Waals surface area contributed by atoms with Crippen LogP contribution in [0.25, 0.3) is 61.1 Å². The number of fused-ring (bicyclic) bond motifs is 6. The normalized spacial score (nSPS) is 11.8. The Kier molecular flexibility index (Phi) is 3.70. The highest BCUT2D eigenvalue weighted by molar-refractivity contribution is 6.09. The minimum Gasteiger partial charge on any atom is -0.437 e. The lowest BCUT2D eigenvalue weighted by atomic mass is 10.1. The van der Waals surface area contributed by atoms with E-state index in [0.717, 1.165) is 61.1 Å². The largest absolute Gasteiger partial charge is 0.437 e. The summed E-state index contributed by atoms with van der Waals surface area (Å²) in [5, 5.41) is 3.07. The average molecular weight is 426 g/mol. The molecule has 3 aromatic carbocycles. The van der Waals surface area contributed by atoms with Crippen LogP contribution in [0.4, 0.5) is 0 Å². The van der Waals surface area contributed by atoms with Gasteiger partial charge in [-0.25, -0.2) is 9.97 Å². The molecule has 0 unspecified atom stereocenters. The number of para-hydroxylation sites is 3. The van der Waals surface area contributed by atoms with Gasteiger partial charge in [-0.2, -0.15) is 0 Å². The van der Waals surface area contributed by atoms with Crippen LogP contribution in [0, 0.1) is 6.92 Å². The minimum atomic E-state index is 0.645. The molecule has 33 heavy (non-hydrogen) atoms. The van der Waals surface area contributed by atoms with E-state index in [4.69, 9.17) is 14.4 Å². The van der Waals surface area contributed by atoms with Crippen LogP contribution < -0.4 is 0 Å². The molecule has 0 bridgehead atoms. The van der Waals surface area contributed by atoms with Gasteiger partial charge >= 0.3 is 0 Å². The molecule has 5 nitrogen and oxygen atoms in total. The second-order valence-corrected chi connectivity index (χ2v) is 8.21. The maximum absolute atomic E-state index is 6.31. The van der Waals surface area contributed by atoms with Crippen molar-refractivity contribution in [1.29, 1.82) is 0 Å². The third-order valence-electron chi connectivity index (χ3n) is 6.16. The Balaban J connectivity index is 1.63. The number of hydrogen-bond donors (Lipinski definition) is 0. The Morgan fingerprint density at radius 3 is 2.45 bits per heavy atom. The fourth-order valence-electron chi connectivity index (χ4n) is 4.63. The zero-order valence-electron chi connectivity index (χ0n) is 17.9. The number of aromatic nitrogens is 4. The minimum absolute atomic E-state index is 0.645. The third-order valence-corrected chi connectivity index (χ3v) is 6.16. The molecule has 0 aliphatic heterocycles. The van der Waals surface area contributed by atoms with Crippen LogP contribution in [0.15, 0.2) is 95.5 Å². The molecule has 0 saturated heterocycles. The number of hydrogen-bond acceptors (Lipinski definition) is 4. The molecule has 0 atom stereocenters. The van der Waals surface area contributed by atoms with E-state index in [1.165, 1.54) is 0 Å². The predicted molar refractivity (Wildman–Crippen MR) is 132 cm³/mol. The summed E-state index contributed by atoms with van der Waals surface area (Å²) >= 11 is 0. The summed E-state index contributed by atoms with van der Waals surface area (Å²) in [5.74, 6) is 0.815. The van der Waals surface area contributed by atoms with Gasteiger partial charge in [-0.05, 0) is 43.3 Å². The van der Waals surface area contributed by atoms with Gasteiger partial charge < -0.3 is 4.42 Å². The van der Waals surface area contributed by atoms with Gasteiger partial charge in [0.25, 0.3) is 0 Å². The molecular formula is C28H18N4O. The molecular weight excluding hydrogens is 408 g/mol. The van der Waals surface area contributed by atoms with E-state index in [2.05, 4.69) is 52.0 Å². The van der Waals surface area contributed by atoms with E-state index in [1.807, 2.05) is 55.6 Å². The molecule has 0 saturated carbocycles. The molecule has 0 radical (unpaired) electrons. The first kappa shape index (κ1) is 18.1. The van der Waals surface area contributed by atoms with Gasteiger partial charge in [0, 0.05) is 27.5 Å². The lowest BCUT2D eigenvalue weighted by molar-refractivity contribution is 0.653. The Morgan fingerprint density at radius 1 is 0.727 bits per heavy atom. The second-order valence-electron chi connectivity index (χ2n) is 8.21. The Morgan fingerprint density at radius 2 is 1.55 bits per heavy atom. The van der Waals surface area contributed by atoms with Gasteiger partial charge in [-0.1, -0.05) is 48.5 Å². The van der Waals surface area contributed by atoms with Crippen molar-refractivity contribution in [2.45, 2.75) is 6.92 Å². The first-order valence-corrected chi connectivity index (χ1v) is 10.9. The van der Waals surface area contributed by atoms with Crippen LogP contribution in [0.5, 0.6) is 0 Å². The van der Waals surface area contributed by atoms with Crippen molar-refractivity contribution < 1.29 is 4.42 Å². The van der Waals surface area contributed by atoms with Crippen molar-refractivity contribution in [1.82, 2.24) is 19.5 Å². The summed E-state index contributed by atoms with van der Waals surface area (Å²) in [4.78, 5) is 14.5. The average Bonchev–Trinajstić information content (AvgIpc) is 3.42. The van der Waals surface area contributed by atoms with Crippen molar-refractivity contribution in [2.24, 2.45) is 0 Å². The molecule has 0 aliphatic carbocycles. The lowest BCUT2D eigenvalue weighted by Crippen LogP contribution is -1.97. The molecule has 0 N–H and O–H groups in total. The van der Waals surface area contributed by atoms with Crippen molar-refractivity contribution in [3.05, 3.63) is 96.8 Å². The second kappa shape index (κ2) is 6.74. The zero-order valence-corrected chi connectivity index (χ0v) is 17.9. The van der Waals surface area contributed by atoms with Crippen LogP contribution in [-0.2, 0) is 0 Å². The van der Waals surface area contributed by atoms with Gasteiger partial charge in [0.15, 0.2) is 0 Å². The first-order valence-electron chi connectivity index (χ1n) is 10.9. The third kappa shape index (κ3) is 2.62. The maximum Gasteiger partial charge on any atom is 0.227 e. The van der Waals surface area contributed by atoms with Crippen molar-refractivity contribution in [3.8, 4) is 17.1 Å². The molecule has 0 spiro atoms. The van der Waals surface area contributed by atoms with Crippen LogP contribution in [-0.4, -0.2) is 19.5 Å². The fraction of sp³-hybridized carbons (Fsp3) is 0.0357. The number of benzene rings is 3. The van der Waals surface area contributed by atoms with Gasteiger partial charge in [0.05, 0.1) is 22.8 Å². The summed E-state index contributed by atoms with van der Waals surface area (Å²) in [6.45, 7) is 1.97. The summed E-state index contributed by atoms with van der Waals surface area (Å²) in [6, 6.07) is 28.7. The highest BCUT2D eigenvalue weighted by Crippen LogP contribution is 2.38. The number of imidazole rings is 1. The molecule has 4 heterocycles. The van der Waals surface area contributed by atoms with Gasteiger partial charge in [-0.15, -0.1) is 0 Å². The SMILES string of the molecule is Cc1ccc2c(n1)oc1c(-c3nc4c5ccccc5ncc4n3-c3ccccc3)cccc12. The van der Waals surface area contributed by atoms with E-state index >= 15 is 0 Å². The van der Waals surface area contributed by atoms with Crippen LogP contribution >= 0.6 is 0 Å². The number of pyridine rings is 2. The van der Waals surface area contributed by atoms with E-state index in [0.29, 0.717) is 5.71 Å². The quantitative estimate of drug-likeness (QED) is 0.304. The molecule has 5 heteroatoms. The molecule has 0 amide bonds. The van der Waals surface area contributed by atoms with Crippen LogP contribution in [0.3, 0.4) is 0 Å². The summed E-state index contributed by atoms with van der Waals surface area (Å²) in [6.07, 6.45) is 1.91. The van der Waals surface area contributed by atoms with E-state index in [1.54, 1.807) is 0 Å². The smallest absolute Gasteiger partial charge is 0.227 e. The Bertz CT molecular complexity index is 1830. The Hall–Kier alpha value is -4.51. The maximum atomic E-state index is 6.31. The standard InChI is InChI=1S/C28H18N4O/c1-17-14-15-20-19-11-7-12-22(26(19)33-28(20)30-17)27-31-25-21-10-5-6-13-23(21)29-16-24(25)32(27)18-8-3-2-4-9-18/h2-16H,1H3.